The van der Waals surface area contributed by atoms with E-state index in [9.17, 15) is 4.79 Å². The third-order valence-electron chi connectivity index (χ3n) is 4.24. The van der Waals surface area contributed by atoms with E-state index in [0.29, 0.717) is 17.5 Å². The summed E-state index contributed by atoms with van der Waals surface area (Å²) in [5.74, 6) is 0. The van der Waals surface area contributed by atoms with Gasteiger partial charge in [-0.15, -0.1) is 0 Å². The van der Waals surface area contributed by atoms with Gasteiger partial charge in [0.1, 0.15) is 5.71 Å². The summed E-state index contributed by atoms with van der Waals surface area (Å²) in [5.41, 5.74) is 9.65. The molecule has 1 aromatic carbocycles. The van der Waals surface area contributed by atoms with Gasteiger partial charge in [0.15, 0.2) is 6.29 Å². The fraction of sp³-hybridized carbons (Fsp3) is 0.278. The van der Waals surface area contributed by atoms with Gasteiger partial charge in [0.05, 0.1) is 11.9 Å². The summed E-state index contributed by atoms with van der Waals surface area (Å²) in [6, 6.07) is 7.52. The maximum absolute atomic E-state index is 10.9. The summed E-state index contributed by atoms with van der Waals surface area (Å²) < 4.78 is 0. The number of nitrogens with one attached hydrogen (secondary N) is 1. The van der Waals surface area contributed by atoms with Crippen LogP contribution in [0.3, 0.4) is 0 Å². The molecule has 5 nitrogen and oxygen atoms in total. The second-order valence-corrected chi connectivity index (χ2v) is 5.81. The number of carbonyl (C=O) groups excluding carboxylic acids is 1. The number of pyridine rings is 1. The van der Waals surface area contributed by atoms with Gasteiger partial charge >= 0.3 is 0 Å². The molecule has 3 rings (SSSR count). The van der Waals surface area contributed by atoms with Gasteiger partial charge in [0, 0.05) is 36.1 Å². The van der Waals surface area contributed by atoms with Crippen molar-refractivity contribution in [2.75, 3.05) is 23.7 Å². The van der Waals surface area contributed by atoms with Crippen molar-refractivity contribution in [1.82, 2.24) is 4.98 Å². The highest BCUT2D eigenvalue weighted by atomic mass is 16.1. The summed E-state index contributed by atoms with van der Waals surface area (Å²) in [4.78, 5) is 17.6. The molecule has 0 spiro atoms. The largest absolute Gasteiger partial charge is 0.398 e. The number of aldehydes is 1. The topological polar surface area (TPSA) is 83.1 Å². The van der Waals surface area contributed by atoms with E-state index in [4.69, 9.17) is 11.1 Å². The molecule has 23 heavy (non-hydrogen) atoms. The Hall–Kier alpha value is -2.69. The van der Waals surface area contributed by atoms with E-state index >= 15 is 0 Å². The molecule has 2 heterocycles. The fourth-order valence-corrected chi connectivity index (χ4v) is 2.94. The van der Waals surface area contributed by atoms with E-state index in [0.717, 1.165) is 29.9 Å². The van der Waals surface area contributed by atoms with E-state index in [1.807, 2.05) is 12.3 Å². The quantitative estimate of drug-likeness (QED) is 0.517. The first-order valence-corrected chi connectivity index (χ1v) is 7.83. The van der Waals surface area contributed by atoms with Crippen molar-refractivity contribution in [3.05, 3.63) is 42.2 Å². The smallest absolute Gasteiger partial charge is 0.168 e. The van der Waals surface area contributed by atoms with Crippen LogP contribution in [-0.4, -0.2) is 30.1 Å². The molecule has 0 aliphatic carbocycles. The molecular weight excluding hydrogens is 288 g/mol. The molecule has 1 fully saturated rings. The number of benzene rings is 1. The average molecular weight is 308 g/mol. The number of nitrogens with zero attached hydrogens (tertiary/aromatic N) is 2. The first kappa shape index (κ1) is 15.2. The molecular formula is C18H20N4O. The lowest BCUT2D eigenvalue weighted by molar-refractivity contribution is -0.102. The second kappa shape index (κ2) is 6.60. The summed E-state index contributed by atoms with van der Waals surface area (Å²) in [6.07, 6.45) is 7.92. The van der Waals surface area contributed by atoms with E-state index in [-0.39, 0.29) is 5.71 Å². The highest BCUT2D eigenvalue weighted by molar-refractivity contribution is 6.36. The summed E-state index contributed by atoms with van der Waals surface area (Å²) >= 11 is 0. The van der Waals surface area contributed by atoms with Crippen LogP contribution in [0.4, 0.5) is 11.4 Å². The third kappa shape index (κ3) is 3.23. The minimum atomic E-state index is -0.107. The number of carbonyl (C=O) groups is 1. The van der Waals surface area contributed by atoms with Crippen molar-refractivity contribution in [3.63, 3.8) is 0 Å². The lowest BCUT2D eigenvalue weighted by atomic mass is 10.0. The van der Waals surface area contributed by atoms with Gasteiger partial charge in [0.25, 0.3) is 0 Å². The van der Waals surface area contributed by atoms with Crippen molar-refractivity contribution in [1.29, 1.82) is 5.41 Å². The van der Waals surface area contributed by atoms with Crippen molar-refractivity contribution in [3.8, 4) is 11.1 Å². The molecule has 1 aliphatic rings. The summed E-state index contributed by atoms with van der Waals surface area (Å²) in [6.45, 7) is 2.13. The van der Waals surface area contributed by atoms with Gasteiger partial charge in [-0.1, -0.05) is 6.07 Å². The molecule has 2 aromatic rings. The molecule has 0 atom stereocenters. The van der Waals surface area contributed by atoms with Gasteiger partial charge < -0.3 is 10.6 Å². The molecule has 1 aliphatic heterocycles. The Bertz CT molecular complexity index is 736. The number of aromatic nitrogens is 1. The molecule has 0 radical (unpaired) electrons. The standard InChI is InChI=1S/C18H20N4O/c19-17-5-4-13(9-16(17)18(20)12-23)14-8-15(11-21-10-14)22-6-2-1-3-7-22/h4-5,8-12,20H,1-3,6-7,19H2. The molecule has 118 valence electrons. The van der Waals surface area contributed by atoms with Crippen LogP contribution in [0.15, 0.2) is 36.7 Å². The highest BCUT2D eigenvalue weighted by Gasteiger charge is 2.13. The van der Waals surface area contributed by atoms with Crippen molar-refractivity contribution in [2.24, 2.45) is 0 Å². The lowest BCUT2D eigenvalue weighted by Crippen LogP contribution is -2.29. The van der Waals surface area contributed by atoms with Gasteiger partial charge in [0.2, 0.25) is 0 Å². The number of anilines is 2. The van der Waals surface area contributed by atoms with Gasteiger partial charge in [-0.25, -0.2) is 0 Å². The minimum absolute atomic E-state index is 0.107. The Kier molecular flexibility index (Phi) is 4.37. The van der Waals surface area contributed by atoms with Crippen LogP contribution in [0.25, 0.3) is 11.1 Å². The molecule has 1 saturated heterocycles. The first-order chi connectivity index (χ1) is 11.2. The van der Waals surface area contributed by atoms with Crippen molar-refractivity contribution in [2.45, 2.75) is 19.3 Å². The highest BCUT2D eigenvalue weighted by Crippen LogP contribution is 2.27. The predicted octanol–water partition coefficient (Wildman–Crippen LogP) is 2.89. The molecule has 1 aromatic heterocycles. The van der Waals surface area contributed by atoms with Crippen LogP contribution >= 0.6 is 0 Å². The molecule has 5 heteroatoms. The summed E-state index contributed by atoms with van der Waals surface area (Å²) in [5, 5.41) is 7.71. The van der Waals surface area contributed by atoms with Crippen LogP contribution in [0.1, 0.15) is 24.8 Å². The van der Waals surface area contributed by atoms with E-state index in [1.165, 1.54) is 19.3 Å². The maximum atomic E-state index is 10.9. The normalized spacial score (nSPS) is 14.5. The van der Waals surface area contributed by atoms with Crippen LogP contribution in [0.2, 0.25) is 0 Å². The van der Waals surface area contributed by atoms with Crippen LogP contribution in [0.5, 0.6) is 0 Å². The first-order valence-electron chi connectivity index (χ1n) is 7.83. The second-order valence-electron chi connectivity index (χ2n) is 5.81. The molecule has 0 unspecified atom stereocenters. The number of piperidine rings is 1. The molecule has 0 saturated carbocycles. The molecule has 3 N–H and O–H groups in total. The van der Waals surface area contributed by atoms with Crippen molar-refractivity contribution >= 4 is 23.4 Å². The Morgan fingerprint density at radius 3 is 2.65 bits per heavy atom. The Labute approximate surface area is 135 Å². The maximum Gasteiger partial charge on any atom is 0.168 e. The Balaban J connectivity index is 1.95. The monoisotopic (exact) mass is 308 g/mol. The summed E-state index contributed by atoms with van der Waals surface area (Å²) in [7, 11) is 0. The van der Waals surface area contributed by atoms with Crippen LogP contribution in [0, 0.1) is 5.41 Å². The SMILES string of the molecule is N=C(C=O)c1cc(-c2cncc(N3CCCCC3)c2)ccc1N. The predicted molar refractivity (Wildman–Crippen MR) is 93.0 cm³/mol. The van der Waals surface area contributed by atoms with Gasteiger partial charge in [-0.3, -0.25) is 15.2 Å². The minimum Gasteiger partial charge on any atom is -0.398 e. The van der Waals surface area contributed by atoms with Crippen LogP contribution < -0.4 is 10.6 Å². The third-order valence-corrected chi connectivity index (χ3v) is 4.24. The van der Waals surface area contributed by atoms with E-state index in [2.05, 4.69) is 16.0 Å². The zero-order chi connectivity index (χ0) is 16.2. The Morgan fingerprint density at radius 1 is 1.13 bits per heavy atom. The van der Waals surface area contributed by atoms with E-state index < -0.39 is 0 Å². The number of hydrogen-bond acceptors (Lipinski definition) is 5. The van der Waals surface area contributed by atoms with Crippen LogP contribution in [-0.2, 0) is 4.79 Å². The number of hydrogen-bond donors (Lipinski definition) is 2. The number of nitrogens with two attached hydrogens (primary N) is 1. The number of nitrogen functional groups attached to an aromatic ring is 1. The van der Waals surface area contributed by atoms with Gasteiger partial charge in [-0.2, -0.15) is 0 Å². The Morgan fingerprint density at radius 2 is 1.91 bits per heavy atom. The number of rotatable bonds is 4. The molecule has 0 amide bonds. The zero-order valence-corrected chi connectivity index (χ0v) is 13.0. The van der Waals surface area contributed by atoms with Gasteiger partial charge in [-0.05, 0) is 43.0 Å². The molecule has 0 bridgehead atoms. The fourth-order valence-electron chi connectivity index (χ4n) is 2.94. The zero-order valence-electron chi connectivity index (χ0n) is 13.0. The average Bonchev–Trinajstić information content (AvgIpc) is 2.62. The van der Waals surface area contributed by atoms with E-state index in [1.54, 1.807) is 18.3 Å². The van der Waals surface area contributed by atoms with Crippen molar-refractivity contribution < 1.29 is 4.79 Å². The lowest BCUT2D eigenvalue weighted by Gasteiger charge is -2.28.